The normalized spacial score (nSPS) is 11.0. The third kappa shape index (κ3) is 1.88. The first-order valence-corrected chi connectivity index (χ1v) is 4.39. The standard InChI is InChI=1S/C11H9NO3/c1-14-11(13)3-2-9-8-5-7-15-10(8)4-6-12-9/h2-7H,1H3. The van der Waals surface area contributed by atoms with Gasteiger partial charge in [0.15, 0.2) is 0 Å². The van der Waals surface area contributed by atoms with Gasteiger partial charge in [0, 0.05) is 17.7 Å². The summed E-state index contributed by atoms with van der Waals surface area (Å²) in [7, 11) is 1.33. The molecule has 0 saturated carbocycles. The van der Waals surface area contributed by atoms with Crippen LogP contribution in [0.3, 0.4) is 0 Å². The first-order valence-electron chi connectivity index (χ1n) is 4.39. The Morgan fingerprint density at radius 1 is 1.53 bits per heavy atom. The lowest BCUT2D eigenvalue weighted by Gasteiger charge is -1.94. The topological polar surface area (TPSA) is 52.3 Å². The van der Waals surface area contributed by atoms with Crippen molar-refractivity contribution in [2.75, 3.05) is 7.11 Å². The van der Waals surface area contributed by atoms with Crippen molar-refractivity contribution < 1.29 is 13.9 Å². The van der Waals surface area contributed by atoms with E-state index in [9.17, 15) is 4.79 Å². The number of esters is 1. The highest BCUT2D eigenvalue weighted by Crippen LogP contribution is 2.18. The predicted octanol–water partition coefficient (Wildman–Crippen LogP) is 2.01. The smallest absolute Gasteiger partial charge is 0.330 e. The summed E-state index contributed by atoms with van der Waals surface area (Å²) in [6, 6.07) is 3.57. The van der Waals surface area contributed by atoms with Gasteiger partial charge < -0.3 is 9.15 Å². The second-order valence-electron chi connectivity index (χ2n) is 2.89. The molecule has 4 heteroatoms. The third-order valence-electron chi connectivity index (χ3n) is 1.99. The molecule has 0 radical (unpaired) electrons. The third-order valence-corrected chi connectivity index (χ3v) is 1.99. The van der Waals surface area contributed by atoms with E-state index >= 15 is 0 Å². The summed E-state index contributed by atoms with van der Waals surface area (Å²) >= 11 is 0. The number of pyridine rings is 1. The molecule has 76 valence electrons. The van der Waals surface area contributed by atoms with Crippen LogP contribution in [0.25, 0.3) is 17.0 Å². The van der Waals surface area contributed by atoms with Crippen molar-refractivity contribution in [3.05, 3.63) is 36.4 Å². The monoisotopic (exact) mass is 203 g/mol. The molecule has 0 amide bonds. The molecule has 2 aromatic heterocycles. The fourth-order valence-corrected chi connectivity index (χ4v) is 1.26. The maximum atomic E-state index is 10.9. The van der Waals surface area contributed by atoms with Crippen molar-refractivity contribution in [1.82, 2.24) is 4.98 Å². The van der Waals surface area contributed by atoms with Crippen LogP contribution in [-0.2, 0) is 9.53 Å². The summed E-state index contributed by atoms with van der Waals surface area (Å²) in [4.78, 5) is 15.0. The first kappa shape index (κ1) is 9.45. The minimum Gasteiger partial charge on any atom is -0.466 e. The summed E-state index contributed by atoms with van der Waals surface area (Å²) < 4.78 is 9.69. The number of methoxy groups -OCH3 is 1. The van der Waals surface area contributed by atoms with Gasteiger partial charge in [-0.25, -0.2) is 4.79 Å². The number of furan rings is 1. The molecule has 0 N–H and O–H groups in total. The van der Waals surface area contributed by atoms with E-state index in [1.165, 1.54) is 13.2 Å². The summed E-state index contributed by atoms with van der Waals surface area (Å²) in [5.74, 6) is -0.405. The van der Waals surface area contributed by atoms with E-state index in [0.717, 1.165) is 11.0 Å². The van der Waals surface area contributed by atoms with E-state index in [0.29, 0.717) is 5.69 Å². The number of rotatable bonds is 2. The largest absolute Gasteiger partial charge is 0.466 e. The van der Waals surface area contributed by atoms with Crippen LogP contribution in [0, 0.1) is 0 Å². The molecular weight excluding hydrogens is 194 g/mol. The molecule has 0 aliphatic rings. The van der Waals surface area contributed by atoms with E-state index in [4.69, 9.17) is 4.42 Å². The Labute approximate surface area is 86.2 Å². The van der Waals surface area contributed by atoms with Gasteiger partial charge >= 0.3 is 5.97 Å². The van der Waals surface area contributed by atoms with Crippen LogP contribution in [0.1, 0.15) is 5.69 Å². The lowest BCUT2D eigenvalue weighted by molar-refractivity contribution is -0.134. The average molecular weight is 203 g/mol. The fraction of sp³-hybridized carbons (Fsp3) is 0.0909. The molecule has 0 bridgehead atoms. The van der Waals surface area contributed by atoms with Crippen LogP contribution < -0.4 is 0 Å². The van der Waals surface area contributed by atoms with Crippen LogP contribution >= 0.6 is 0 Å². The van der Waals surface area contributed by atoms with Gasteiger partial charge in [-0.3, -0.25) is 4.98 Å². The van der Waals surface area contributed by atoms with E-state index in [-0.39, 0.29) is 0 Å². The number of fused-ring (bicyclic) bond motifs is 1. The molecule has 0 unspecified atom stereocenters. The quantitative estimate of drug-likeness (QED) is 0.553. The molecule has 0 aliphatic carbocycles. The molecule has 0 aliphatic heterocycles. The number of aromatic nitrogens is 1. The maximum Gasteiger partial charge on any atom is 0.330 e. The molecular formula is C11H9NO3. The van der Waals surface area contributed by atoms with E-state index < -0.39 is 5.97 Å². The zero-order valence-corrected chi connectivity index (χ0v) is 8.14. The average Bonchev–Trinajstić information content (AvgIpc) is 2.74. The lowest BCUT2D eigenvalue weighted by atomic mass is 10.2. The summed E-state index contributed by atoms with van der Waals surface area (Å²) in [6.45, 7) is 0. The Bertz CT molecular complexity index is 513. The molecule has 0 saturated heterocycles. The molecule has 2 rings (SSSR count). The SMILES string of the molecule is COC(=O)C=Cc1nccc2occc12. The molecule has 0 spiro atoms. The van der Waals surface area contributed by atoms with Gasteiger partial charge in [0.25, 0.3) is 0 Å². The highest BCUT2D eigenvalue weighted by Gasteiger charge is 2.01. The summed E-state index contributed by atoms with van der Waals surface area (Å²) in [6.07, 6.45) is 6.14. The van der Waals surface area contributed by atoms with E-state index in [2.05, 4.69) is 9.72 Å². The fourth-order valence-electron chi connectivity index (χ4n) is 1.26. The maximum absolute atomic E-state index is 10.9. The number of carbonyl (C=O) groups excluding carboxylic acids is 1. The Balaban J connectivity index is 2.39. The van der Waals surface area contributed by atoms with Crippen LogP contribution in [0.4, 0.5) is 0 Å². The van der Waals surface area contributed by atoms with Gasteiger partial charge in [0.2, 0.25) is 0 Å². The number of carbonyl (C=O) groups is 1. The second-order valence-corrected chi connectivity index (χ2v) is 2.89. The molecule has 0 fully saturated rings. The highest BCUT2D eigenvalue weighted by molar-refractivity contribution is 5.91. The van der Waals surface area contributed by atoms with Gasteiger partial charge in [-0.15, -0.1) is 0 Å². The van der Waals surface area contributed by atoms with Crippen LogP contribution in [0.15, 0.2) is 35.1 Å². The van der Waals surface area contributed by atoms with Gasteiger partial charge in [0.1, 0.15) is 5.58 Å². The Hall–Kier alpha value is -2.10. The van der Waals surface area contributed by atoms with Crippen LogP contribution in [0.5, 0.6) is 0 Å². The zero-order valence-electron chi connectivity index (χ0n) is 8.14. The Morgan fingerprint density at radius 2 is 2.40 bits per heavy atom. The van der Waals surface area contributed by atoms with Crippen LogP contribution in [0.2, 0.25) is 0 Å². The van der Waals surface area contributed by atoms with Crippen LogP contribution in [-0.4, -0.2) is 18.1 Å². The number of nitrogens with zero attached hydrogens (tertiary/aromatic N) is 1. The molecule has 0 aromatic carbocycles. The molecule has 0 atom stereocenters. The van der Waals surface area contributed by atoms with Crippen molar-refractivity contribution in [2.24, 2.45) is 0 Å². The van der Waals surface area contributed by atoms with E-state index in [1.54, 1.807) is 30.7 Å². The van der Waals surface area contributed by atoms with Crippen molar-refractivity contribution >= 4 is 23.0 Å². The van der Waals surface area contributed by atoms with Gasteiger partial charge in [0.05, 0.1) is 19.1 Å². The van der Waals surface area contributed by atoms with Crippen molar-refractivity contribution in [3.63, 3.8) is 0 Å². The number of ether oxygens (including phenoxy) is 1. The Morgan fingerprint density at radius 3 is 3.20 bits per heavy atom. The zero-order chi connectivity index (χ0) is 10.7. The first-order chi connectivity index (χ1) is 7.31. The Kier molecular flexibility index (Phi) is 2.49. The van der Waals surface area contributed by atoms with Crippen molar-refractivity contribution in [3.8, 4) is 0 Å². The van der Waals surface area contributed by atoms with Gasteiger partial charge in [-0.1, -0.05) is 0 Å². The molecule has 2 aromatic rings. The lowest BCUT2D eigenvalue weighted by Crippen LogP contribution is -1.93. The number of hydrogen-bond donors (Lipinski definition) is 0. The second kappa shape index (κ2) is 3.96. The molecule has 15 heavy (non-hydrogen) atoms. The molecule has 2 heterocycles. The summed E-state index contributed by atoms with van der Waals surface area (Å²) in [5.41, 5.74) is 1.43. The number of hydrogen-bond acceptors (Lipinski definition) is 4. The minimum atomic E-state index is -0.405. The predicted molar refractivity (Wildman–Crippen MR) is 55.1 cm³/mol. The minimum absolute atomic E-state index is 0.405. The van der Waals surface area contributed by atoms with E-state index in [1.807, 2.05) is 0 Å². The summed E-state index contributed by atoms with van der Waals surface area (Å²) in [5, 5.41) is 0.873. The van der Waals surface area contributed by atoms with Gasteiger partial charge in [-0.05, 0) is 18.2 Å². The van der Waals surface area contributed by atoms with Crippen molar-refractivity contribution in [1.29, 1.82) is 0 Å². The molecule has 4 nitrogen and oxygen atoms in total. The van der Waals surface area contributed by atoms with Crippen molar-refractivity contribution in [2.45, 2.75) is 0 Å². The highest BCUT2D eigenvalue weighted by atomic mass is 16.5. The van der Waals surface area contributed by atoms with Gasteiger partial charge in [-0.2, -0.15) is 0 Å².